The first-order chi connectivity index (χ1) is 15.7. The van der Waals surface area contributed by atoms with Gasteiger partial charge >= 0.3 is 12.4 Å². The van der Waals surface area contributed by atoms with Gasteiger partial charge in [-0.25, -0.2) is 13.4 Å². The van der Waals surface area contributed by atoms with Crippen molar-refractivity contribution < 1.29 is 34.8 Å². The number of fused-ring (bicyclic) bond motifs is 1. The molecule has 4 rings (SSSR count). The molecule has 0 saturated heterocycles. The van der Waals surface area contributed by atoms with Crippen LogP contribution in [-0.2, 0) is 16.2 Å². The van der Waals surface area contributed by atoms with E-state index in [1.165, 1.54) is 10.8 Å². The minimum atomic E-state index is -4.80. The summed E-state index contributed by atoms with van der Waals surface area (Å²) in [6.07, 6.45) is -6.60. The molecule has 7 nitrogen and oxygen atoms in total. The summed E-state index contributed by atoms with van der Waals surface area (Å²) in [5, 5.41) is 9.70. The Morgan fingerprint density at radius 1 is 1.15 bits per heavy atom. The van der Waals surface area contributed by atoms with Crippen LogP contribution in [0.1, 0.15) is 36.9 Å². The molecule has 1 fully saturated rings. The smallest absolute Gasteiger partial charge is 0.320 e. The van der Waals surface area contributed by atoms with Crippen molar-refractivity contribution in [1.29, 1.82) is 5.26 Å². The van der Waals surface area contributed by atoms with E-state index >= 15 is 0 Å². The van der Waals surface area contributed by atoms with Crippen LogP contribution in [0.2, 0.25) is 0 Å². The Bertz CT molecular complexity index is 1400. The third-order valence-electron chi connectivity index (χ3n) is 5.31. The highest BCUT2D eigenvalue weighted by Gasteiger charge is 2.39. The molecule has 1 N–H and O–H groups in total. The molecule has 14 heteroatoms. The van der Waals surface area contributed by atoms with Gasteiger partial charge in [-0.15, -0.1) is 0 Å². The van der Waals surface area contributed by atoms with Gasteiger partial charge in [-0.2, -0.15) is 36.3 Å². The molecule has 1 aliphatic carbocycles. The number of pyridine rings is 2. The highest BCUT2D eigenvalue weighted by atomic mass is 32.2. The van der Waals surface area contributed by atoms with E-state index in [0.29, 0.717) is 26.0 Å². The lowest BCUT2D eigenvalue weighted by Gasteiger charge is -2.17. The Labute approximate surface area is 189 Å². The van der Waals surface area contributed by atoms with Gasteiger partial charge in [0.05, 0.1) is 22.5 Å². The summed E-state index contributed by atoms with van der Waals surface area (Å²) in [7, 11) is -4.56. The van der Waals surface area contributed by atoms with Gasteiger partial charge in [0.1, 0.15) is 22.7 Å². The number of nitrogens with zero attached hydrogens (tertiary/aromatic N) is 4. The fourth-order valence-corrected chi connectivity index (χ4v) is 4.62. The number of hydrogen-bond acceptors (Lipinski definition) is 5. The van der Waals surface area contributed by atoms with Crippen molar-refractivity contribution in [2.45, 2.75) is 49.1 Å². The first-order valence-corrected chi connectivity index (χ1v) is 11.3. The highest BCUT2D eigenvalue weighted by Crippen LogP contribution is 2.44. The molecule has 180 valence electrons. The molecule has 1 saturated carbocycles. The summed E-state index contributed by atoms with van der Waals surface area (Å²) in [5.74, 6) is 0. The summed E-state index contributed by atoms with van der Waals surface area (Å²) >= 11 is 0. The molecule has 1 atom stereocenters. The van der Waals surface area contributed by atoms with Crippen LogP contribution in [0.15, 0.2) is 35.5 Å². The van der Waals surface area contributed by atoms with E-state index in [1.54, 1.807) is 4.57 Å². The van der Waals surface area contributed by atoms with Crippen LogP contribution in [0.4, 0.5) is 26.3 Å². The number of sulfonamides is 1. The minimum absolute atomic E-state index is 0.0293. The van der Waals surface area contributed by atoms with E-state index in [-0.39, 0.29) is 34.0 Å². The Kier molecular flexibility index (Phi) is 5.60. The van der Waals surface area contributed by atoms with Gasteiger partial charge < -0.3 is 4.57 Å². The minimum Gasteiger partial charge on any atom is -0.320 e. The average molecular weight is 503 g/mol. The standard InChI is InChI=1S/C20H15F6N5O2S/c1-10(19(21,22)23)30-34(32,33)13-4-5-16(28-9-13)17-15(7-27)14-6-11(20(24,25)26)8-29-18(14)31(17)12-2-3-12/h4-6,8-10,12,30H,2-3H2,1H3. The van der Waals surface area contributed by atoms with Crippen molar-refractivity contribution in [1.82, 2.24) is 19.3 Å². The molecule has 3 aromatic rings. The second-order valence-electron chi connectivity index (χ2n) is 7.79. The normalized spacial score (nSPS) is 15.9. The van der Waals surface area contributed by atoms with E-state index in [2.05, 4.69) is 9.97 Å². The Balaban J connectivity index is 1.81. The van der Waals surface area contributed by atoms with Gasteiger partial charge in [-0.1, -0.05) is 0 Å². The quantitative estimate of drug-likeness (QED) is 0.515. The summed E-state index contributed by atoms with van der Waals surface area (Å²) in [5.41, 5.74) is -0.769. The van der Waals surface area contributed by atoms with Crippen LogP contribution in [0.3, 0.4) is 0 Å². The zero-order valence-corrected chi connectivity index (χ0v) is 18.1. The SMILES string of the molecule is CC(NS(=O)(=O)c1ccc(-c2c(C#N)c3cc(C(F)(F)F)cnc3n2C2CC2)nc1)C(F)(F)F. The molecule has 0 aliphatic heterocycles. The lowest BCUT2D eigenvalue weighted by molar-refractivity contribution is -0.147. The number of alkyl halides is 6. The highest BCUT2D eigenvalue weighted by molar-refractivity contribution is 7.89. The van der Waals surface area contributed by atoms with Gasteiger partial charge in [0.2, 0.25) is 10.0 Å². The second-order valence-corrected chi connectivity index (χ2v) is 9.51. The summed E-state index contributed by atoms with van der Waals surface area (Å²) < 4.78 is 106. The lowest BCUT2D eigenvalue weighted by Crippen LogP contribution is -2.42. The maximum atomic E-state index is 13.2. The van der Waals surface area contributed by atoms with Crippen molar-refractivity contribution in [3.8, 4) is 17.5 Å². The maximum Gasteiger partial charge on any atom is 0.417 e. The number of halogens is 6. The van der Waals surface area contributed by atoms with Crippen LogP contribution >= 0.6 is 0 Å². The molecule has 3 aromatic heterocycles. The third kappa shape index (κ3) is 4.32. The van der Waals surface area contributed by atoms with Crippen LogP contribution < -0.4 is 4.72 Å². The van der Waals surface area contributed by atoms with Crippen molar-refractivity contribution in [2.75, 3.05) is 0 Å². The zero-order chi connectivity index (χ0) is 25.1. The molecule has 0 bridgehead atoms. The van der Waals surface area contributed by atoms with Gasteiger partial charge in [0, 0.05) is 23.8 Å². The average Bonchev–Trinajstić information content (AvgIpc) is 3.52. The fraction of sp³-hybridized carbons (Fsp3) is 0.350. The van der Waals surface area contributed by atoms with Gasteiger partial charge in [-0.3, -0.25) is 4.98 Å². The number of hydrogen-bond donors (Lipinski definition) is 1. The summed E-state index contributed by atoms with van der Waals surface area (Å²) in [6, 6.07) is 2.43. The van der Waals surface area contributed by atoms with Crippen molar-refractivity contribution in [2.24, 2.45) is 0 Å². The second kappa shape index (κ2) is 7.95. The molecule has 34 heavy (non-hydrogen) atoms. The Morgan fingerprint density at radius 2 is 1.82 bits per heavy atom. The van der Waals surface area contributed by atoms with Gasteiger partial charge in [-0.05, 0) is 38.0 Å². The first kappa shape index (κ1) is 24.0. The summed E-state index contributed by atoms with van der Waals surface area (Å²) in [6.45, 7) is 0.648. The van der Waals surface area contributed by atoms with Crippen LogP contribution in [-0.4, -0.2) is 35.2 Å². The Morgan fingerprint density at radius 3 is 2.32 bits per heavy atom. The Hall–Kier alpha value is -3.18. The number of aromatic nitrogens is 3. The monoisotopic (exact) mass is 503 g/mol. The maximum absolute atomic E-state index is 13.2. The van der Waals surface area contributed by atoms with E-state index in [1.807, 2.05) is 6.07 Å². The molecule has 1 unspecified atom stereocenters. The van der Waals surface area contributed by atoms with Crippen molar-refractivity contribution >= 4 is 21.1 Å². The molecule has 0 radical (unpaired) electrons. The van der Waals surface area contributed by atoms with Gasteiger partial charge in [0.15, 0.2) is 0 Å². The topological polar surface area (TPSA) is 101 Å². The van der Waals surface area contributed by atoms with Crippen molar-refractivity contribution in [3.05, 3.63) is 41.7 Å². The predicted molar refractivity (Wildman–Crippen MR) is 107 cm³/mol. The molecular weight excluding hydrogens is 488 g/mol. The van der Waals surface area contributed by atoms with Crippen LogP contribution in [0.5, 0.6) is 0 Å². The zero-order valence-electron chi connectivity index (χ0n) is 17.2. The number of nitriles is 1. The lowest BCUT2D eigenvalue weighted by atomic mass is 10.1. The van der Waals surface area contributed by atoms with Gasteiger partial charge in [0.25, 0.3) is 0 Å². The molecule has 3 heterocycles. The predicted octanol–water partition coefficient (Wildman–Crippen LogP) is 4.55. The molecule has 1 aliphatic rings. The fourth-order valence-electron chi connectivity index (χ4n) is 3.44. The first-order valence-electron chi connectivity index (χ1n) is 9.80. The molecule has 0 spiro atoms. The largest absolute Gasteiger partial charge is 0.417 e. The summed E-state index contributed by atoms with van der Waals surface area (Å²) in [4.78, 5) is 7.39. The van der Waals surface area contributed by atoms with E-state index in [4.69, 9.17) is 0 Å². The van der Waals surface area contributed by atoms with Crippen LogP contribution in [0, 0.1) is 11.3 Å². The number of rotatable bonds is 5. The molecule has 0 aromatic carbocycles. The van der Waals surface area contributed by atoms with E-state index < -0.39 is 38.9 Å². The van der Waals surface area contributed by atoms with Crippen molar-refractivity contribution in [3.63, 3.8) is 0 Å². The molecular formula is C20H15F6N5O2S. The molecule has 0 amide bonds. The number of nitrogens with one attached hydrogen (secondary N) is 1. The van der Waals surface area contributed by atoms with E-state index in [9.17, 15) is 40.0 Å². The van der Waals surface area contributed by atoms with Crippen LogP contribution in [0.25, 0.3) is 22.4 Å². The third-order valence-corrected chi connectivity index (χ3v) is 6.83. The van der Waals surface area contributed by atoms with E-state index in [0.717, 1.165) is 18.3 Å².